The molecule has 2 nitrogen and oxygen atoms in total. The van der Waals surface area contributed by atoms with Crippen LogP contribution >= 0.6 is 34.4 Å². The first-order valence-electron chi connectivity index (χ1n) is 4.61. The van der Waals surface area contributed by atoms with Crippen LogP contribution in [0.5, 0.6) is 0 Å². The third-order valence-electron chi connectivity index (χ3n) is 1.86. The molecule has 1 rings (SSSR count). The van der Waals surface area contributed by atoms with Crippen molar-refractivity contribution in [3.8, 4) is 0 Å². The average Bonchev–Trinajstić information content (AvgIpc) is 2.26. The molecule has 0 aliphatic carbocycles. The van der Waals surface area contributed by atoms with Crippen molar-refractivity contribution in [3.05, 3.63) is 33.4 Å². The molecule has 15 heavy (non-hydrogen) atoms. The second-order valence-electron chi connectivity index (χ2n) is 3.01. The fourth-order valence-corrected chi connectivity index (χ4v) is 2.27. The van der Waals surface area contributed by atoms with Crippen LogP contribution in [-0.2, 0) is 15.3 Å². The van der Waals surface area contributed by atoms with Crippen LogP contribution in [0.2, 0.25) is 0 Å². The van der Waals surface area contributed by atoms with E-state index in [9.17, 15) is 4.79 Å². The van der Waals surface area contributed by atoms with E-state index >= 15 is 0 Å². The second-order valence-corrected chi connectivity index (χ2v) is 5.36. The van der Waals surface area contributed by atoms with E-state index < -0.39 is 0 Å². The van der Waals surface area contributed by atoms with E-state index in [4.69, 9.17) is 0 Å². The van der Waals surface area contributed by atoms with Gasteiger partial charge >= 0.3 is 5.97 Å². The standard InChI is InChI=1S/C11H13IO2S/c1-14-11(13)6-7-15-8-9-2-4-10(12)5-3-9/h2-5H,6-8H2,1H3. The SMILES string of the molecule is COC(=O)CCSCc1ccc(I)cc1. The van der Waals surface area contributed by atoms with Crippen LogP contribution in [0.1, 0.15) is 12.0 Å². The topological polar surface area (TPSA) is 26.3 Å². The Labute approximate surface area is 108 Å². The van der Waals surface area contributed by atoms with Gasteiger partial charge in [-0.25, -0.2) is 0 Å². The van der Waals surface area contributed by atoms with Crippen LogP contribution in [0, 0.1) is 3.57 Å². The van der Waals surface area contributed by atoms with Gasteiger partial charge in [-0.3, -0.25) is 4.79 Å². The number of thioether (sulfide) groups is 1. The maximum absolute atomic E-state index is 10.8. The molecule has 0 aliphatic rings. The number of halogens is 1. The number of hydrogen-bond acceptors (Lipinski definition) is 3. The summed E-state index contributed by atoms with van der Waals surface area (Å²) in [7, 11) is 1.42. The minimum absolute atomic E-state index is 0.134. The molecule has 0 aliphatic heterocycles. The number of hydrogen-bond donors (Lipinski definition) is 0. The highest BCUT2D eigenvalue weighted by atomic mass is 127. The number of carbonyl (C=O) groups is 1. The number of benzene rings is 1. The van der Waals surface area contributed by atoms with Gasteiger partial charge in [-0.15, -0.1) is 0 Å². The van der Waals surface area contributed by atoms with Crippen LogP contribution in [-0.4, -0.2) is 18.8 Å². The lowest BCUT2D eigenvalue weighted by atomic mass is 10.2. The molecule has 0 atom stereocenters. The fraction of sp³-hybridized carbons (Fsp3) is 0.364. The molecule has 0 unspecified atom stereocenters. The fourth-order valence-electron chi connectivity index (χ4n) is 1.03. The van der Waals surface area contributed by atoms with Gasteiger partial charge in [0.25, 0.3) is 0 Å². The van der Waals surface area contributed by atoms with Crippen LogP contribution in [0.4, 0.5) is 0 Å². The molecule has 0 amide bonds. The second kappa shape index (κ2) is 7.11. The molecule has 4 heteroatoms. The normalized spacial score (nSPS) is 10.0. The lowest BCUT2D eigenvalue weighted by Crippen LogP contribution is -2.01. The summed E-state index contributed by atoms with van der Waals surface area (Å²) in [5.41, 5.74) is 1.30. The molecule has 82 valence electrons. The molecule has 0 spiro atoms. The smallest absolute Gasteiger partial charge is 0.306 e. The Bertz CT molecular complexity index is 311. The third-order valence-corrected chi connectivity index (χ3v) is 3.61. The van der Waals surface area contributed by atoms with Gasteiger partial charge in [-0.1, -0.05) is 12.1 Å². The van der Waals surface area contributed by atoms with E-state index in [-0.39, 0.29) is 5.97 Å². The maximum Gasteiger partial charge on any atom is 0.306 e. The van der Waals surface area contributed by atoms with Gasteiger partial charge in [-0.2, -0.15) is 11.8 Å². The Balaban J connectivity index is 2.20. The van der Waals surface area contributed by atoms with Crippen LogP contribution in [0.15, 0.2) is 24.3 Å². The van der Waals surface area contributed by atoms with E-state index in [1.807, 2.05) is 0 Å². The zero-order valence-electron chi connectivity index (χ0n) is 8.53. The van der Waals surface area contributed by atoms with Gasteiger partial charge in [0, 0.05) is 15.1 Å². The molecule has 1 aromatic rings. The lowest BCUT2D eigenvalue weighted by Gasteiger charge is -2.01. The first kappa shape index (κ1) is 12.8. The zero-order chi connectivity index (χ0) is 11.1. The lowest BCUT2D eigenvalue weighted by molar-refractivity contribution is -0.140. The van der Waals surface area contributed by atoms with Crippen molar-refractivity contribution in [3.63, 3.8) is 0 Å². The predicted molar refractivity (Wildman–Crippen MR) is 72.0 cm³/mol. The summed E-state index contributed by atoms with van der Waals surface area (Å²) in [6.45, 7) is 0. The van der Waals surface area contributed by atoms with E-state index in [0.717, 1.165) is 11.5 Å². The van der Waals surface area contributed by atoms with Gasteiger partial charge in [0.15, 0.2) is 0 Å². The molecular formula is C11H13IO2S. The summed E-state index contributed by atoms with van der Waals surface area (Å²) >= 11 is 4.04. The number of rotatable bonds is 5. The number of carbonyl (C=O) groups excluding carboxylic acids is 1. The van der Waals surface area contributed by atoms with Crippen molar-refractivity contribution in [2.24, 2.45) is 0 Å². The third kappa shape index (κ3) is 5.41. The highest BCUT2D eigenvalue weighted by Gasteiger charge is 2.00. The van der Waals surface area contributed by atoms with Gasteiger partial charge in [0.05, 0.1) is 13.5 Å². The summed E-state index contributed by atoms with van der Waals surface area (Å²) in [5.74, 6) is 1.64. The molecule has 0 saturated heterocycles. The first-order valence-corrected chi connectivity index (χ1v) is 6.84. The quantitative estimate of drug-likeness (QED) is 0.470. The van der Waals surface area contributed by atoms with Crippen LogP contribution in [0.3, 0.4) is 0 Å². The zero-order valence-corrected chi connectivity index (χ0v) is 11.5. The molecule has 0 aromatic heterocycles. The Morgan fingerprint density at radius 3 is 2.67 bits per heavy atom. The van der Waals surface area contributed by atoms with Crippen molar-refractivity contribution < 1.29 is 9.53 Å². The number of methoxy groups -OCH3 is 1. The van der Waals surface area contributed by atoms with E-state index in [0.29, 0.717) is 6.42 Å². The summed E-state index contributed by atoms with van der Waals surface area (Å²) < 4.78 is 5.81. The predicted octanol–water partition coefficient (Wildman–Crippen LogP) is 3.09. The van der Waals surface area contributed by atoms with Crippen molar-refractivity contribution in [2.45, 2.75) is 12.2 Å². The molecule has 0 fully saturated rings. The molecule has 0 heterocycles. The highest BCUT2D eigenvalue weighted by molar-refractivity contribution is 14.1. The van der Waals surface area contributed by atoms with Gasteiger partial charge in [0.1, 0.15) is 0 Å². The van der Waals surface area contributed by atoms with Gasteiger partial charge in [0.2, 0.25) is 0 Å². The molecular weight excluding hydrogens is 323 g/mol. The van der Waals surface area contributed by atoms with Crippen molar-refractivity contribution in [1.29, 1.82) is 0 Å². The number of esters is 1. The van der Waals surface area contributed by atoms with Crippen LogP contribution in [0.25, 0.3) is 0 Å². The molecule has 1 aromatic carbocycles. The van der Waals surface area contributed by atoms with E-state index in [1.54, 1.807) is 11.8 Å². The largest absolute Gasteiger partial charge is 0.469 e. The maximum atomic E-state index is 10.8. The van der Waals surface area contributed by atoms with Crippen LogP contribution < -0.4 is 0 Å². The Kier molecular flexibility index (Phi) is 6.09. The minimum Gasteiger partial charge on any atom is -0.469 e. The molecule has 0 saturated carbocycles. The Morgan fingerprint density at radius 2 is 2.07 bits per heavy atom. The van der Waals surface area contributed by atoms with Gasteiger partial charge in [-0.05, 0) is 40.3 Å². The molecule has 0 bridgehead atoms. The summed E-state index contributed by atoms with van der Waals surface area (Å²) in [6, 6.07) is 8.42. The van der Waals surface area contributed by atoms with E-state index in [1.165, 1.54) is 16.2 Å². The highest BCUT2D eigenvalue weighted by Crippen LogP contribution is 2.14. The van der Waals surface area contributed by atoms with E-state index in [2.05, 4.69) is 51.6 Å². The first-order chi connectivity index (χ1) is 7.22. The molecule has 0 radical (unpaired) electrons. The van der Waals surface area contributed by atoms with Gasteiger partial charge < -0.3 is 4.74 Å². The summed E-state index contributed by atoms with van der Waals surface area (Å²) in [4.78, 5) is 10.8. The summed E-state index contributed by atoms with van der Waals surface area (Å²) in [5, 5.41) is 0. The summed E-state index contributed by atoms with van der Waals surface area (Å²) in [6.07, 6.45) is 0.492. The van der Waals surface area contributed by atoms with Crippen molar-refractivity contribution in [1.82, 2.24) is 0 Å². The number of ether oxygens (including phenoxy) is 1. The molecule has 0 N–H and O–H groups in total. The monoisotopic (exact) mass is 336 g/mol. The minimum atomic E-state index is -0.134. The van der Waals surface area contributed by atoms with Crippen molar-refractivity contribution in [2.75, 3.05) is 12.9 Å². The van der Waals surface area contributed by atoms with Crippen molar-refractivity contribution >= 4 is 40.3 Å². The Morgan fingerprint density at radius 1 is 1.40 bits per heavy atom. The Hall–Kier alpha value is -0.230. The average molecular weight is 336 g/mol.